The van der Waals surface area contributed by atoms with Crippen LogP contribution in [0.2, 0.25) is 0 Å². The van der Waals surface area contributed by atoms with Crippen molar-refractivity contribution in [1.82, 2.24) is 4.98 Å². The van der Waals surface area contributed by atoms with Gasteiger partial charge in [0.15, 0.2) is 5.78 Å². The normalized spacial score (nSPS) is 13.3. The smallest absolute Gasteiger partial charge is 0.164 e. The number of para-hydroxylation sites is 1. The molecule has 29 heavy (non-hydrogen) atoms. The van der Waals surface area contributed by atoms with E-state index < -0.39 is 0 Å². The van der Waals surface area contributed by atoms with Crippen LogP contribution < -0.4 is 10.6 Å². The van der Waals surface area contributed by atoms with E-state index in [-0.39, 0.29) is 11.5 Å². The Labute approximate surface area is 170 Å². The van der Waals surface area contributed by atoms with Gasteiger partial charge in [0.2, 0.25) is 0 Å². The fourth-order valence-corrected chi connectivity index (χ4v) is 3.56. The molecule has 0 bridgehead atoms. The molecule has 2 aromatic carbocycles. The van der Waals surface area contributed by atoms with E-state index >= 15 is 0 Å². The van der Waals surface area contributed by atoms with Crippen LogP contribution in [0.3, 0.4) is 0 Å². The van der Waals surface area contributed by atoms with Gasteiger partial charge in [-0.15, -0.1) is 0 Å². The molecule has 5 heteroatoms. The number of pyridine rings is 1. The van der Waals surface area contributed by atoms with Crippen LogP contribution in [0.5, 0.6) is 0 Å². The Hall–Kier alpha value is -3.44. The van der Waals surface area contributed by atoms with E-state index in [1.165, 1.54) is 0 Å². The van der Waals surface area contributed by atoms with Crippen molar-refractivity contribution in [3.63, 3.8) is 0 Å². The molecule has 146 valence electrons. The molecule has 0 atom stereocenters. The highest BCUT2D eigenvalue weighted by atomic mass is 16.3. The van der Waals surface area contributed by atoms with Gasteiger partial charge in [-0.25, -0.2) is 4.98 Å². The lowest BCUT2D eigenvalue weighted by atomic mass is 9.96. The monoisotopic (exact) mass is 385 g/mol. The Morgan fingerprint density at radius 3 is 2.45 bits per heavy atom. The van der Waals surface area contributed by atoms with Crippen molar-refractivity contribution in [2.24, 2.45) is 5.73 Å². The average Bonchev–Trinajstić information content (AvgIpc) is 2.79. The molecule has 1 aliphatic heterocycles. The number of carbonyl (C=O) groups is 1. The van der Waals surface area contributed by atoms with E-state index in [1.54, 1.807) is 18.3 Å². The second-order valence-electron chi connectivity index (χ2n) is 7.07. The lowest BCUT2D eigenvalue weighted by Crippen LogP contribution is -2.30. The van der Waals surface area contributed by atoms with Crippen LogP contribution in [0.25, 0.3) is 5.76 Å². The predicted octanol–water partition coefficient (Wildman–Crippen LogP) is 4.16. The highest BCUT2D eigenvalue weighted by Crippen LogP contribution is 2.36. The number of carbonyl (C=O) groups excluding carboxylic acids is 1. The van der Waals surface area contributed by atoms with E-state index in [9.17, 15) is 9.90 Å². The number of nitrogens with zero attached hydrogens (tertiary/aromatic N) is 2. The van der Waals surface area contributed by atoms with Gasteiger partial charge in [0, 0.05) is 24.8 Å². The lowest BCUT2D eigenvalue weighted by molar-refractivity contribution is -0.115. The van der Waals surface area contributed by atoms with Crippen molar-refractivity contribution >= 4 is 23.0 Å². The zero-order chi connectivity index (χ0) is 20.2. The molecule has 3 N–H and O–H groups in total. The van der Waals surface area contributed by atoms with Gasteiger partial charge < -0.3 is 15.7 Å². The van der Waals surface area contributed by atoms with Gasteiger partial charge in [-0.3, -0.25) is 4.79 Å². The number of anilines is 2. The molecule has 0 aliphatic carbocycles. The Morgan fingerprint density at radius 2 is 1.72 bits per heavy atom. The zero-order valence-electron chi connectivity index (χ0n) is 16.1. The van der Waals surface area contributed by atoms with Gasteiger partial charge in [0.25, 0.3) is 0 Å². The van der Waals surface area contributed by atoms with Crippen LogP contribution in [0.4, 0.5) is 11.5 Å². The number of fused-ring (bicyclic) bond motifs is 1. The predicted molar refractivity (Wildman–Crippen MR) is 115 cm³/mol. The summed E-state index contributed by atoms with van der Waals surface area (Å²) >= 11 is 0. The van der Waals surface area contributed by atoms with Gasteiger partial charge in [-0.2, -0.15) is 0 Å². The largest absolute Gasteiger partial charge is 0.507 e. The summed E-state index contributed by atoms with van der Waals surface area (Å²) in [6, 6.07) is 21.3. The van der Waals surface area contributed by atoms with Gasteiger partial charge in [-0.05, 0) is 41.8 Å². The second kappa shape index (κ2) is 8.29. The number of aliphatic hydroxyl groups is 1. The third kappa shape index (κ3) is 3.91. The summed E-state index contributed by atoms with van der Waals surface area (Å²) < 4.78 is 0. The second-order valence-corrected chi connectivity index (χ2v) is 7.07. The molecule has 0 fully saturated rings. The Bertz CT molecular complexity index is 1040. The number of aryl methyl sites for hydroxylation is 1. The van der Waals surface area contributed by atoms with E-state index in [1.807, 2.05) is 59.5 Å². The number of Topliss-reactive ketones (excluding diaryl/α,β-unsaturated/α-hetero) is 1. The van der Waals surface area contributed by atoms with E-state index in [2.05, 4.69) is 4.98 Å². The number of benzene rings is 2. The first kappa shape index (κ1) is 18.9. The number of rotatable bonds is 6. The summed E-state index contributed by atoms with van der Waals surface area (Å²) in [5.41, 5.74) is 9.72. The molecule has 0 spiro atoms. The zero-order valence-corrected chi connectivity index (χ0v) is 16.1. The molecule has 4 rings (SSSR count). The number of hydrogen-bond acceptors (Lipinski definition) is 5. The number of ketones is 1. The summed E-state index contributed by atoms with van der Waals surface area (Å²) in [4.78, 5) is 19.4. The molecule has 2 heterocycles. The summed E-state index contributed by atoms with van der Waals surface area (Å²) in [5.74, 6) is 0.634. The highest BCUT2D eigenvalue weighted by molar-refractivity contribution is 6.05. The molecule has 0 radical (unpaired) electrons. The molecule has 0 saturated carbocycles. The molecular weight excluding hydrogens is 362 g/mol. The van der Waals surface area contributed by atoms with Crippen LogP contribution in [-0.2, 0) is 17.8 Å². The lowest BCUT2D eigenvalue weighted by Gasteiger charge is -2.31. The van der Waals surface area contributed by atoms with Crippen LogP contribution in [-0.4, -0.2) is 22.4 Å². The SMILES string of the molecule is NCc1ccc(CCC(=O)C2=C(O)c3cccnc3N(c3ccccc3)C2)cc1. The summed E-state index contributed by atoms with van der Waals surface area (Å²) in [6.45, 7) is 0.799. The molecule has 5 nitrogen and oxygen atoms in total. The Morgan fingerprint density at radius 1 is 1.00 bits per heavy atom. The maximum absolute atomic E-state index is 13.0. The third-order valence-electron chi connectivity index (χ3n) is 5.20. The quantitative estimate of drug-likeness (QED) is 0.666. The van der Waals surface area contributed by atoms with Gasteiger partial charge in [0.1, 0.15) is 11.6 Å². The maximum atomic E-state index is 13.0. The number of hydrogen-bond donors (Lipinski definition) is 2. The van der Waals surface area contributed by atoms with Gasteiger partial charge >= 0.3 is 0 Å². The standard InChI is InChI=1S/C24H23N3O2/c25-15-18-10-8-17(9-11-18)12-13-22(28)21-16-27(19-5-2-1-3-6-19)24-20(23(21)29)7-4-14-26-24/h1-11,14,29H,12-13,15-16,25H2. The molecule has 1 aromatic heterocycles. The van der Waals surface area contributed by atoms with Crippen molar-refractivity contribution in [2.45, 2.75) is 19.4 Å². The molecule has 3 aromatic rings. The first-order valence-corrected chi connectivity index (χ1v) is 9.68. The van der Waals surface area contributed by atoms with Crippen molar-refractivity contribution < 1.29 is 9.90 Å². The Balaban J connectivity index is 1.59. The van der Waals surface area contributed by atoms with Crippen molar-refractivity contribution in [3.8, 4) is 0 Å². The van der Waals surface area contributed by atoms with Crippen LogP contribution in [0.15, 0.2) is 78.5 Å². The first-order chi connectivity index (χ1) is 14.2. The van der Waals surface area contributed by atoms with Crippen molar-refractivity contribution in [3.05, 3.63) is 95.2 Å². The molecule has 0 unspecified atom stereocenters. The minimum Gasteiger partial charge on any atom is -0.507 e. The average molecular weight is 385 g/mol. The van der Waals surface area contributed by atoms with Crippen LogP contribution >= 0.6 is 0 Å². The molecule has 0 saturated heterocycles. The molecule has 1 aliphatic rings. The van der Waals surface area contributed by atoms with Crippen molar-refractivity contribution in [1.29, 1.82) is 0 Å². The molecule has 0 amide bonds. The van der Waals surface area contributed by atoms with Gasteiger partial charge in [0.05, 0.1) is 17.7 Å². The number of aromatic nitrogens is 1. The fraction of sp³-hybridized carbons (Fsp3) is 0.167. The van der Waals surface area contributed by atoms with E-state index in [0.717, 1.165) is 16.8 Å². The van der Waals surface area contributed by atoms with Crippen LogP contribution in [0, 0.1) is 0 Å². The summed E-state index contributed by atoms with van der Waals surface area (Å²) in [6.07, 6.45) is 2.64. The number of nitrogens with two attached hydrogens (primary N) is 1. The summed E-state index contributed by atoms with van der Waals surface area (Å²) in [5, 5.41) is 10.8. The molecular formula is C24H23N3O2. The van der Waals surface area contributed by atoms with E-state index in [0.29, 0.717) is 42.9 Å². The topological polar surface area (TPSA) is 79.5 Å². The summed E-state index contributed by atoms with van der Waals surface area (Å²) in [7, 11) is 0. The van der Waals surface area contributed by atoms with Gasteiger partial charge in [-0.1, -0.05) is 42.5 Å². The van der Waals surface area contributed by atoms with Crippen LogP contribution in [0.1, 0.15) is 23.1 Å². The van der Waals surface area contributed by atoms with E-state index in [4.69, 9.17) is 5.73 Å². The third-order valence-corrected chi connectivity index (χ3v) is 5.20. The highest BCUT2D eigenvalue weighted by Gasteiger charge is 2.29. The minimum atomic E-state index is -0.0548. The number of aliphatic hydroxyl groups excluding tert-OH is 1. The maximum Gasteiger partial charge on any atom is 0.164 e. The fourth-order valence-electron chi connectivity index (χ4n) is 3.56. The minimum absolute atomic E-state index is 0.0313. The first-order valence-electron chi connectivity index (χ1n) is 9.68. The Kier molecular flexibility index (Phi) is 5.40. The van der Waals surface area contributed by atoms with Crippen molar-refractivity contribution in [2.75, 3.05) is 11.4 Å².